The monoisotopic (exact) mass is 446 g/mol. The zero-order valence-electron chi connectivity index (χ0n) is 17.6. The zero-order valence-corrected chi connectivity index (χ0v) is 18.4. The summed E-state index contributed by atoms with van der Waals surface area (Å²) in [6, 6.07) is 5.49. The molecule has 0 fully saturated rings. The summed E-state index contributed by atoms with van der Waals surface area (Å²) < 4.78 is 9.24. The lowest BCUT2D eigenvalue weighted by Crippen LogP contribution is -2.41. The number of carbonyl (C=O) groups is 2. The van der Waals surface area contributed by atoms with Crippen molar-refractivity contribution in [3.05, 3.63) is 40.4 Å². The van der Waals surface area contributed by atoms with Gasteiger partial charge in [0.05, 0.1) is 19.7 Å². The van der Waals surface area contributed by atoms with Crippen LogP contribution in [0.2, 0.25) is 5.15 Å². The maximum absolute atomic E-state index is 12.7. The Morgan fingerprint density at radius 2 is 1.94 bits per heavy atom. The minimum Gasteiger partial charge on any atom is -0.462 e. The third-order valence-corrected chi connectivity index (χ3v) is 5.13. The average molecular weight is 447 g/mol. The first-order valence-corrected chi connectivity index (χ1v) is 10.3. The number of halogens is 1. The van der Waals surface area contributed by atoms with Gasteiger partial charge in [-0.25, -0.2) is 23.9 Å². The summed E-state index contributed by atoms with van der Waals surface area (Å²) in [7, 11) is 0. The van der Waals surface area contributed by atoms with Crippen LogP contribution in [-0.4, -0.2) is 33.0 Å². The number of nitrogens with zero attached hydrogens (tertiary/aromatic N) is 4. The molecule has 164 valence electrons. The molecule has 2 aromatic heterocycles. The summed E-state index contributed by atoms with van der Waals surface area (Å²) in [5.41, 5.74) is 13.3. The number of nitrogens with two attached hydrogens (primary N) is 2. The second kappa shape index (κ2) is 9.17. The van der Waals surface area contributed by atoms with Gasteiger partial charge in [0.15, 0.2) is 33.5 Å². The Morgan fingerprint density at radius 1 is 1.19 bits per heavy atom. The lowest BCUT2D eigenvalue weighted by atomic mass is 10.2. The van der Waals surface area contributed by atoms with Crippen molar-refractivity contribution < 1.29 is 18.9 Å². The molecule has 5 N–H and O–H groups in total. The Balaban J connectivity index is 2.02. The third kappa shape index (κ3) is 4.11. The maximum atomic E-state index is 12.7. The lowest BCUT2D eigenvalue weighted by molar-refractivity contribution is -0.676. The number of benzene rings is 1. The number of nitrogens with one attached hydrogen (secondary N) is 1. The lowest BCUT2D eigenvalue weighted by Gasteiger charge is -2.08. The van der Waals surface area contributed by atoms with Gasteiger partial charge < -0.3 is 21.5 Å². The highest BCUT2D eigenvalue weighted by Gasteiger charge is 2.29. The first-order chi connectivity index (χ1) is 14.8. The molecule has 3 rings (SSSR count). The van der Waals surface area contributed by atoms with Crippen LogP contribution in [0.5, 0.6) is 0 Å². The second-order valence-electron chi connectivity index (χ2n) is 6.61. The maximum Gasteiger partial charge on any atom is 0.342 e. The van der Waals surface area contributed by atoms with E-state index in [0.29, 0.717) is 18.7 Å². The number of anilines is 2. The Morgan fingerprint density at radius 3 is 2.58 bits per heavy atom. The van der Waals surface area contributed by atoms with Gasteiger partial charge in [-0.05, 0) is 32.9 Å². The minimum absolute atomic E-state index is 0.0443. The van der Waals surface area contributed by atoms with Crippen LogP contribution in [0.25, 0.3) is 11.0 Å². The highest BCUT2D eigenvalue weighted by atomic mass is 35.5. The molecule has 2 heterocycles. The van der Waals surface area contributed by atoms with Gasteiger partial charge >= 0.3 is 5.97 Å². The molecule has 0 saturated heterocycles. The molecule has 0 unspecified atom stereocenters. The molecule has 0 saturated carbocycles. The van der Waals surface area contributed by atoms with Crippen molar-refractivity contribution in [3.63, 3.8) is 0 Å². The molecule has 3 aromatic rings. The van der Waals surface area contributed by atoms with E-state index in [0.717, 1.165) is 16.9 Å². The summed E-state index contributed by atoms with van der Waals surface area (Å²) in [5.74, 6) is -0.273. The number of amides is 1. The van der Waals surface area contributed by atoms with Crippen molar-refractivity contribution in [3.8, 4) is 0 Å². The number of hydrogen-bond acceptors (Lipinski definition) is 7. The summed E-state index contributed by atoms with van der Waals surface area (Å²) in [5, 5.41) is 2.72. The van der Waals surface area contributed by atoms with Crippen molar-refractivity contribution >= 4 is 46.1 Å². The smallest absolute Gasteiger partial charge is 0.342 e. The van der Waals surface area contributed by atoms with E-state index in [4.69, 9.17) is 27.8 Å². The van der Waals surface area contributed by atoms with Crippen LogP contribution in [0, 0.1) is 0 Å². The molecule has 0 aliphatic rings. The van der Waals surface area contributed by atoms with E-state index in [1.165, 1.54) is 0 Å². The van der Waals surface area contributed by atoms with E-state index in [1.54, 1.807) is 13.0 Å². The van der Waals surface area contributed by atoms with Crippen LogP contribution < -0.4 is 21.4 Å². The summed E-state index contributed by atoms with van der Waals surface area (Å²) >= 11 is 5.88. The molecule has 0 aliphatic heterocycles. The van der Waals surface area contributed by atoms with Crippen molar-refractivity contribution in [2.24, 2.45) is 0 Å². The van der Waals surface area contributed by atoms with Gasteiger partial charge in [-0.1, -0.05) is 17.7 Å². The van der Waals surface area contributed by atoms with Gasteiger partial charge in [0, 0.05) is 0 Å². The normalized spacial score (nSPS) is 11.0. The molecule has 0 radical (unpaired) electrons. The van der Waals surface area contributed by atoms with Crippen LogP contribution in [0.4, 0.5) is 11.6 Å². The quantitative estimate of drug-likeness (QED) is 0.370. The number of fused-ring (bicyclic) bond motifs is 1. The van der Waals surface area contributed by atoms with Gasteiger partial charge in [-0.3, -0.25) is 4.79 Å². The van der Waals surface area contributed by atoms with E-state index < -0.39 is 11.9 Å². The van der Waals surface area contributed by atoms with Crippen molar-refractivity contribution in [1.29, 1.82) is 0 Å². The van der Waals surface area contributed by atoms with Crippen molar-refractivity contribution in [2.75, 3.05) is 18.1 Å². The first-order valence-electron chi connectivity index (χ1n) is 9.91. The number of aromatic nitrogens is 4. The Labute approximate surface area is 184 Å². The number of nitrogen functional groups attached to an aromatic ring is 2. The van der Waals surface area contributed by atoms with Gasteiger partial charge in [-0.2, -0.15) is 0 Å². The zero-order chi connectivity index (χ0) is 22.7. The van der Waals surface area contributed by atoms with Crippen LogP contribution in [-0.2, 0) is 24.4 Å². The Kier molecular flexibility index (Phi) is 6.59. The summed E-state index contributed by atoms with van der Waals surface area (Å²) in [4.78, 5) is 33.0. The number of rotatable bonds is 7. The largest absolute Gasteiger partial charge is 0.462 e. The van der Waals surface area contributed by atoms with Gasteiger partial charge in [-0.15, -0.1) is 0 Å². The van der Waals surface area contributed by atoms with Gasteiger partial charge in [0.25, 0.3) is 11.7 Å². The number of imidazole rings is 1. The molecular formula is C20H25ClN7O3+. The molecule has 11 heteroatoms. The number of para-hydroxylation sites is 1. The van der Waals surface area contributed by atoms with Crippen LogP contribution in [0.15, 0.2) is 18.2 Å². The number of aryl methyl sites for hydroxylation is 2. The highest BCUT2D eigenvalue weighted by molar-refractivity contribution is 6.31. The fourth-order valence-electron chi connectivity index (χ4n) is 3.56. The first kappa shape index (κ1) is 22.3. The molecule has 0 atom stereocenters. The SMILES string of the molecule is CCOC(=O)c1cccc2c1[n+](CC)c(CNC(=O)c1nc(Cl)c(N)nc1N)n2CC. The molecule has 0 spiro atoms. The third-order valence-electron chi connectivity index (χ3n) is 4.85. The molecule has 1 amide bonds. The molecule has 1 aromatic carbocycles. The summed E-state index contributed by atoms with van der Waals surface area (Å²) in [6.45, 7) is 7.40. The Bertz CT molecular complexity index is 1160. The van der Waals surface area contributed by atoms with Crippen molar-refractivity contribution in [1.82, 2.24) is 19.9 Å². The molecule has 10 nitrogen and oxygen atoms in total. The standard InChI is InChI=1S/C20H24ClN7O3/c1-4-27-12-9-7-8-11(20(30)31-6-3)15(12)28(5-2)13(27)10-24-19(29)14-17(22)26-18(23)16(21)25-14/h7-9H,4-6,10H2,1-3H3,(H4-,22,23,24,26,29)/p+1. The fourth-order valence-corrected chi connectivity index (χ4v) is 3.68. The number of esters is 1. The molecule has 31 heavy (non-hydrogen) atoms. The molecule has 0 bridgehead atoms. The average Bonchev–Trinajstić information content (AvgIpc) is 3.07. The number of hydrogen-bond donors (Lipinski definition) is 3. The van der Waals surface area contributed by atoms with E-state index in [-0.39, 0.29) is 35.6 Å². The van der Waals surface area contributed by atoms with Crippen LogP contribution in [0.3, 0.4) is 0 Å². The molecule has 0 aliphatic carbocycles. The predicted octanol–water partition coefficient (Wildman–Crippen LogP) is 1.68. The molecular weight excluding hydrogens is 422 g/mol. The van der Waals surface area contributed by atoms with Crippen molar-refractivity contribution in [2.45, 2.75) is 40.4 Å². The second-order valence-corrected chi connectivity index (χ2v) is 6.97. The van der Waals surface area contributed by atoms with E-state index in [2.05, 4.69) is 15.3 Å². The summed E-state index contributed by atoms with van der Waals surface area (Å²) in [6.07, 6.45) is 0. The fraction of sp³-hybridized carbons (Fsp3) is 0.350. The van der Waals surface area contributed by atoms with E-state index >= 15 is 0 Å². The van der Waals surface area contributed by atoms with Gasteiger partial charge in [0.1, 0.15) is 12.1 Å². The number of carbonyl (C=O) groups excluding carboxylic acids is 2. The van der Waals surface area contributed by atoms with E-state index in [1.807, 2.05) is 35.1 Å². The number of ether oxygens (including phenoxy) is 1. The predicted molar refractivity (Wildman–Crippen MR) is 116 cm³/mol. The topological polar surface area (TPSA) is 142 Å². The highest BCUT2D eigenvalue weighted by Crippen LogP contribution is 2.21. The van der Waals surface area contributed by atoms with E-state index in [9.17, 15) is 9.59 Å². The Hall–Kier alpha value is -3.40. The van der Waals surface area contributed by atoms with Crippen LogP contribution in [0.1, 0.15) is 47.4 Å². The van der Waals surface area contributed by atoms with Crippen LogP contribution >= 0.6 is 11.6 Å². The van der Waals surface area contributed by atoms with Gasteiger partial charge in [0.2, 0.25) is 0 Å². The minimum atomic E-state index is -0.534.